The molecular weight excluding hydrogens is 1410 g/mol. The summed E-state index contributed by atoms with van der Waals surface area (Å²) in [4.78, 5) is 27.1. The summed E-state index contributed by atoms with van der Waals surface area (Å²) < 4.78 is 4.14. The summed E-state index contributed by atoms with van der Waals surface area (Å²) >= 11 is 0. The number of hydrogen-bond acceptors (Lipinski definition) is 6. The predicted octanol–water partition coefficient (Wildman–Crippen LogP) is 26.6. The summed E-state index contributed by atoms with van der Waals surface area (Å²) in [6.07, 6.45) is 8.27. The van der Waals surface area contributed by atoms with Gasteiger partial charge in [-0.2, -0.15) is 0 Å². The number of benzene rings is 15. The van der Waals surface area contributed by atoms with Gasteiger partial charge >= 0.3 is 0 Å². The number of pyridine rings is 2. The molecule has 0 fully saturated rings. The number of fused-ring (bicyclic) bond motifs is 23. The lowest BCUT2D eigenvalue weighted by molar-refractivity contribution is 0.794. The van der Waals surface area contributed by atoms with E-state index in [1.54, 1.807) is 0 Å². The van der Waals surface area contributed by atoms with E-state index in [1.807, 2.05) is 48.8 Å². The summed E-state index contributed by atoms with van der Waals surface area (Å²) in [5, 5.41) is 0. The van der Waals surface area contributed by atoms with Gasteiger partial charge in [0.2, 0.25) is 0 Å². The summed E-state index contributed by atoms with van der Waals surface area (Å²) in [5.41, 5.74) is 40.0. The number of para-hydroxylation sites is 2. The Hall–Kier alpha value is -15.4. The van der Waals surface area contributed by atoms with Crippen LogP contribution in [-0.4, -0.2) is 28.7 Å². The van der Waals surface area contributed by atoms with Crippen LogP contribution in [0.3, 0.4) is 0 Å². The molecule has 5 aromatic heterocycles. The highest BCUT2D eigenvalue weighted by molar-refractivity contribution is 6.06. The largest absolute Gasteiger partial charge is 0.311 e. The smallest absolute Gasteiger partial charge is 0.137 e. The van der Waals surface area contributed by atoms with Crippen LogP contribution in [-0.2, 0) is 10.8 Å². The lowest BCUT2D eigenvalue weighted by Gasteiger charge is -2.31. The maximum atomic E-state index is 6.26. The van der Waals surface area contributed by atoms with Gasteiger partial charge in [-0.3, -0.25) is 0 Å². The summed E-state index contributed by atoms with van der Waals surface area (Å²) in [7, 11) is 0. The molecule has 20 aromatic rings. The molecule has 8 heteroatoms. The zero-order valence-electron chi connectivity index (χ0n) is 62.8. The van der Waals surface area contributed by atoms with E-state index in [-0.39, 0.29) is 0 Å². The van der Waals surface area contributed by atoms with Crippen LogP contribution in [0.15, 0.2) is 413 Å². The molecule has 0 atom stereocenters. The highest BCUT2D eigenvalue weighted by atomic mass is 15.1. The topological polar surface area (TPSA) is 66.9 Å². The van der Waals surface area contributed by atoms with Crippen LogP contribution >= 0.6 is 0 Å². The van der Waals surface area contributed by atoms with Crippen molar-refractivity contribution in [2.45, 2.75) is 10.8 Å². The highest BCUT2D eigenvalue weighted by Crippen LogP contribution is 2.65. The average Bonchev–Trinajstić information content (AvgIpc) is 1.51. The van der Waals surface area contributed by atoms with E-state index in [2.05, 4.69) is 383 Å². The molecule has 0 bridgehead atoms. The predicted molar refractivity (Wildman–Crippen MR) is 472 cm³/mol. The molecule has 15 aromatic carbocycles. The van der Waals surface area contributed by atoms with Crippen molar-refractivity contribution in [3.63, 3.8) is 0 Å². The third kappa shape index (κ3) is 9.68. The fourth-order valence-corrected chi connectivity index (χ4v) is 19.8. The molecule has 540 valence electrons. The van der Waals surface area contributed by atoms with Crippen LogP contribution in [0.25, 0.3) is 134 Å². The number of nitrogens with zero attached hydrogens (tertiary/aromatic N) is 8. The summed E-state index contributed by atoms with van der Waals surface area (Å²) in [6.45, 7) is 0. The van der Waals surface area contributed by atoms with Crippen molar-refractivity contribution in [1.29, 1.82) is 0 Å². The minimum atomic E-state index is -0.571. The van der Waals surface area contributed by atoms with Crippen LogP contribution < -0.4 is 9.80 Å². The average molecular weight is 1480 g/mol. The molecule has 0 unspecified atom stereocenters. The van der Waals surface area contributed by atoms with E-state index in [0.717, 1.165) is 124 Å². The maximum absolute atomic E-state index is 6.26. The molecule has 4 aliphatic carbocycles. The molecule has 24 rings (SSSR count). The van der Waals surface area contributed by atoms with Gasteiger partial charge in [0.25, 0.3) is 0 Å². The second-order valence-corrected chi connectivity index (χ2v) is 30.8. The summed E-state index contributed by atoms with van der Waals surface area (Å²) in [6, 6.07) is 142. The van der Waals surface area contributed by atoms with Gasteiger partial charge in [0, 0.05) is 92.3 Å². The molecule has 0 radical (unpaired) electrons. The van der Waals surface area contributed by atoms with Crippen LogP contribution in [0.1, 0.15) is 44.5 Å². The number of aromatic nitrogens is 6. The quantitative estimate of drug-likeness (QED) is 0.121. The third-order valence-electron chi connectivity index (χ3n) is 24.8. The number of anilines is 6. The van der Waals surface area contributed by atoms with Gasteiger partial charge in [-0.25, -0.2) is 19.9 Å². The molecule has 0 N–H and O–H groups in total. The van der Waals surface area contributed by atoms with Gasteiger partial charge in [-0.1, -0.05) is 279 Å². The third-order valence-corrected chi connectivity index (χ3v) is 24.8. The molecule has 0 amide bonds. The monoisotopic (exact) mass is 1480 g/mol. The van der Waals surface area contributed by atoms with Gasteiger partial charge in [0.15, 0.2) is 0 Å². The second-order valence-electron chi connectivity index (χ2n) is 30.8. The molecule has 8 nitrogen and oxygen atoms in total. The first-order valence-electron chi connectivity index (χ1n) is 39.7. The normalized spacial score (nSPS) is 13.1. The molecule has 116 heavy (non-hydrogen) atoms. The minimum Gasteiger partial charge on any atom is -0.311 e. The molecular formula is C108H68N8. The van der Waals surface area contributed by atoms with Crippen LogP contribution in [0.4, 0.5) is 34.1 Å². The van der Waals surface area contributed by atoms with E-state index in [4.69, 9.17) is 19.9 Å². The minimum absolute atomic E-state index is 0.571. The van der Waals surface area contributed by atoms with E-state index in [1.165, 1.54) is 89.0 Å². The van der Waals surface area contributed by atoms with Crippen molar-refractivity contribution >= 4 is 56.5 Å². The van der Waals surface area contributed by atoms with E-state index >= 15 is 0 Å². The zero-order valence-corrected chi connectivity index (χ0v) is 62.8. The van der Waals surface area contributed by atoms with Crippen molar-refractivity contribution in [2.24, 2.45) is 0 Å². The highest BCUT2D eigenvalue weighted by Gasteiger charge is 2.53. The first-order chi connectivity index (χ1) is 57.5. The fourth-order valence-electron chi connectivity index (χ4n) is 19.8. The lowest BCUT2D eigenvalue weighted by Crippen LogP contribution is -2.25. The molecule has 0 saturated heterocycles. The number of imidazole rings is 2. The first-order valence-corrected chi connectivity index (χ1v) is 39.7. The molecule has 0 aliphatic heterocycles. The van der Waals surface area contributed by atoms with Gasteiger partial charge in [0.05, 0.1) is 44.6 Å². The molecule has 5 heterocycles. The Morgan fingerprint density at radius 3 is 0.776 bits per heavy atom. The molecule has 2 spiro atoms. The fraction of sp³-hybridized carbons (Fsp3) is 0.0185. The van der Waals surface area contributed by atoms with Crippen molar-refractivity contribution in [3.05, 3.63) is 458 Å². The summed E-state index contributed by atoms with van der Waals surface area (Å²) in [5.74, 6) is 0. The van der Waals surface area contributed by atoms with Gasteiger partial charge in [-0.05, 0) is 209 Å². The van der Waals surface area contributed by atoms with Crippen LogP contribution in [0.2, 0.25) is 0 Å². The van der Waals surface area contributed by atoms with E-state index < -0.39 is 10.8 Å². The Bertz CT molecular complexity index is 6750. The zero-order chi connectivity index (χ0) is 76.2. The van der Waals surface area contributed by atoms with Crippen molar-refractivity contribution in [1.82, 2.24) is 28.7 Å². The number of rotatable bonds is 12. The second kappa shape index (κ2) is 25.6. The Morgan fingerprint density at radius 2 is 0.457 bits per heavy atom. The molecule has 4 aliphatic rings. The van der Waals surface area contributed by atoms with Crippen molar-refractivity contribution in [2.75, 3.05) is 9.80 Å². The van der Waals surface area contributed by atoms with Crippen LogP contribution in [0, 0.1) is 0 Å². The van der Waals surface area contributed by atoms with Crippen molar-refractivity contribution < 1.29 is 0 Å². The van der Waals surface area contributed by atoms with E-state index in [9.17, 15) is 0 Å². The Kier molecular flexibility index (Phi) is 14.4. The Balaban J connectivity index is 0.727. The number of hydrogen-bond donors (Lipinski definition) is 0. The Labute approximate surface area is 670 Å². The van der Waals surface area contributed by atoms with Gasteiger partial charge < -0.3 is 18.6 Å². The van der Waals surface area contributed by atoms with Gasteiger partial charge in [0.1, 0.15) is 11.3 Å². The van der Waals surface area contributed by atoms with E-state index in [0.29, 0.717) is 0 Å². The Morgan fingerprint density at radius 1 is 0.198 bits per heavy atom. The maximum Gasteiger partial charge on any atom is 0.137 e. The van der Waals surface area contributed by atoms with Crippen molar-refractivity contribution in [3.8, 4) is 112 Å². The van der Waals surface area contributed by atoms with Crippen LogP contribution in [0.5, 0.6) is 0 Å². The molecule has 0 saturated carbocycles. The van der Waals surface area contributed by atoms with Gasteiger partial charge in [-0.15, -0.1) is 0 Å². The SMILES string of the molecule is c1ccc(N(c2ccc(-c3cn4ccccc4n3)cc2)c2ccc(-c3nc4c(-c5ccc6c(c5)C5(c7ccccc7-c7ccccc75)c5ccccc5-6)ccc(-c5ccc6c(c5)C5(c7ccccc7-c7ccccc75)c5ccccc5-6)c4nc3-c3ccc(N(c4ccccc4)c4ccc(-c5cn6ccccc6n5)cc4)cc3)cc2)cc1. The lowest BCUT2D eigenvalue weighted by atomic mass is 9.70. The standard InChI is InChI=1S/C108H68N8/c1-3-23-75(24-4-1)115(77-51-41-69(42-52-77)99-67-113-63-21-19-39-101(113)109-99)79-55-45-71(46-56-79)103-104(72-47-57-80(58-48-72)116(76-25-5-2-6-26-76)78-53-43-70(44-54-78)100-68-114-64-22-20-40-102(114)110-100)112-106-82(74-50-60-90-88-32-12-18-38-96(88)108(98(90)66-74)93-35-15-9-29-85(93)86-30-10-16-36-94(86)108)62-61-81(105(106)111-103)73-49-59-89-87-31-11-17-37-95(87)107(97(89)65-73)91-33-13-7-27-83(91)84-28-8-14-34-92(84)107/h1-68H. The first kappa shape index (κ1) is 65.3.